The Labute approximate surface area is 174 Å². The highest BCUT2D eigenvalue weighted by molar-refractivity contribution is 5.85. The van der Waals surface area contributed by atoms with Crippen molar-refractivity contribution in [1.29, 1.82) is 0 Å². The summed E-state index contributed by atoms with van der Waals surface area (Å²) in [6.07, 6.45) is 2.05. The SMILES string of the molecule is Cc1ccc(C(N)C(=O)NCCCN2CCc3ccccc3C2)cc1.Cl.Cl. The maximum atomic E-state index is 12.2. The van der Waals surface area contributed by atoms with E-state index in [9.17, 15) is 4.79 Å². The molecule has 1 unspecified atom stereocenters. The van der Waals surface area contributed by atoms with E-state index in [-0.39, 0.29) is 30.7 Å². The number of nitrogens with two attached hydrogens (primary N) is 1. The van der Waals surface area contributed by atoms with Crippen LogP contribution < -0.4 is 11.1 Å². The van der Waals surface area contributed by atoms with E-state index in [0.29, 0.717) is 6.54 Å². The van der Waals surface area contributed by atoms with Crippen molar-refractivity contribution >= 4 is 30.7 Å². The number of halogens is 2. The highest BCUT2D eigenvalue weighted by Gasteiger charge is 2.17. The summed E-state index contributed by atoms with van der Waals surface area (Å²) >= 11 is 0. The van der Waals surface area contributed by atoms with Gasteiger partial charge in [0.05, 0.1) is 0 Å². The zero-order chi connectivity index (χ0) is 17.6. The number of fused-ring (bicyclic) bond motifs is 1. The van der Waals surface area contributed by atoms with E-state index in [1.165, 1.54) is 16.7 Å². The van der Waals surface area contributed by atoms with E-state index in [4.69, 9.17) is 5.73 Å². The van der Waals surface area contributed by atoms with Gasteiger partial charge in [0.15, 0.2) is 0 Å². The molecule has 3 N–H and O–H groups in total. The number of hydrogen-bond acceptors (Lipinski definition) is 3. The summed E-state index contributed by atoms with van der Waals surface area (Å²) in [5, 5.41) is 2.96. The molecule has 148 valence electrons. The molecule has 0 saturated carbocycles. The highest BCUT2D eigenvalue weighted by atomic mass is 35.5. The number of amides is 1. The van der Waals surface area contributed by atoms with Gasteiger partial charge in [-0.2, -0.15) is 0 Å². The molecular weight excluding hydrogens is 381 g/mol. The molecule has 4 nitrogen and oxygen atoms in total. The summed E-state index contributed by atoms with van der Waals surface area (Å²) in [5.41, 5.74) is 11.0. The number of hydrogen-bond donors (Lipinski definition) is 2. The molecule has 3 rings (SSSR count). The van der Waals surface area contributed by atoms with Gasteiger partial charge in [-0.15, -0.1) is 24.8 Å². The number of benzene rings is 2. The van der Waals surface area contributed by atoms with Crippen LogP contribution in [-0.4, -0.2) is 30.4 Å². The first-order valence-corrected chi connectivity index (χ1v) is 9.02. The number of nitrogens with zero attached hydrogens (tertiary/aromatic N) is 1. The number of rotatable bonds is 6. The molecule has 0 fully saturated rings. The van der Waals surface area contributed by atoms with Crippen LogP contribution in [0.4, 0.5) is 0 Å². The smallest absolute Gasteiger partial charge is 0.241 e. The van der Waals surface area contributed by atoms with Crippen molar-refractivity contribution in [3.05, 3.63) is 70.8 Å². The number of nitrogens with one attached hydrogen (secondary N) is 1. The molecule has 1 aliphatic heterocycles. The molecule has 0 spiro atoms. The second kappa shape index (κ2) is 11.3. The largest absolute Gasteiger partial charge is 0.354 e. The van der Waals surface area contributed by atoms with Crippen molar-refractivity contribution in [1.82, 2.24) is 10.2 Å². The monoisotopic (exact) mass is 409 g/mol. The fourth-order valence-corrected chi connectivity index (χ4v) is 3.29. The Hall–Kier alpha value is -1.59. The van der Waals surface area contributed by atoms with Crippen LogP contribution in [0.3, 0.4) is 0 Å². The van der Waals surface area contributed by atoms with Crippen LogP contribution in [0.25, 0.3) is 0 Å². The Balaban J connectivity index is 0.00000182. The number of carbonyl (C=O) groups is 1. The van der Waals surface area contributed by atoms with Crippen molar-refractivity contribution in [2.24, 2.45) is 5.73 Å². The summed E-state index contributed by atoms with van der Waals surface area (Å²) < 4.78 is 0. The van der Waals surface area contributed by atoms with Crippen molar-refractivity contribution in [2.75, 3.05) is 19.6 Å². The van der Waals surface area contributed by atoms with Crippen molar-refractivity contribution in [3.63, 3.8) is 0 Å². The average molecular weight is 410 g/mol. The Morgan fingerprint density at radius 1 is 1.11 bits per heavy atom. The van der Waals surface area contributed by atoms with Gasteiger partial charge in [-0.3, -0.25) is 9.69 Å². The van der Waals surface area contributed by atoms with Gasteiger partial charge in [-0.1, -0.05) is 54.1 Å². The van der Waals surface area contributed by atoms with Gasteiger partial charge in [0.25, 0.3) is 0 Å². The van der Waals surface area contributed by atoms with E-state index < -0.39 is 6.04 Å². The van der Waals surface area contributed by atoms with Crippen molar-refractivity contribution in [2.45, 2.75) is 32.4 Å². The van der Waals surface area contributed by atoms with Crippen molar-refractivity contribution < 1.29 is 4.79 Å². The minimum atomic E-state index is -0.595. The fraction of sp³-hybridized carbons (Fsp3) is 0.381. The molecule has 2 aromatic rings. The number of carbonyl (C=O) groups excluding carboxylic acids is 1. The third kappa shape index (κ3) is 6.51. The minimum absolute atomic E-state index is 0. The Bertz CT molecular complexity index is 722. The highest BCUT2D eigenvalue weighted by Crippen LogP contribution is 2.18. The van der Waals surface area contributed by atoms with Crippen LogP contribution >= 0.6 is 24.8 Å². The van der Waals surface area contributed by atoms with Gasteiger partial charge < -0.3 is 11.1 Å². The zero-order valence-corrected chi connectivity index (χ0v) is 17.3. The van der Waals surface area contributed by atoms with Gasteiger partial charge in [0.2, 0.25) is 5.91 Å². The molecule has 2 aromatic carbocycles. The minimum Gasteiger partial charge on any atom is -0.354 e. The van der Waals surface area contributed by atoms with Gasteiger partial charge >= 0.3 is 0 Å². The molecule has 1 amide bonds. The van der Waals surface area contributed by atoms with E-state index in [1.807, 2.05) is 31.2 Å². The summed E-state index contributed by atoms with van der Waals surface area (Å²) in [7, 11) is 0. The second-order valence-electron chi connectivity index (χ2n) is 6.83. The Morgan fingerprint density at radius 3 is 2.48 bits per heavy atom. The quantitative estimate of drug-likeness (QED) is 0.718. The standard InChI is InChI=1S/C21H27N3O.2ClH/c1-16-7-9-18(10-8-16)20(22)21(25)23-12-4-13-24-14-11-17-5-2-3-6-19(17)15-24;;/h2-3,5-10,20H,4,11-15,22H2,1H3,(H,23,25);2*1H. The van der Waals surface area contributed by atoms with E-state index in [0.717, 1.165) is 38.0 Å². The second-order valence-corrected chi connectivity index (χ2v) is 6.83. The summed E-state index contributed by atoms with van der Waals surface area (Å²) in [4.78, 5) is 14.6. The topological polar surface area (TPSA) is 58.4 Å². The molecular formula is C21H29Cl2N3O. The van der Waals surface area contributed by atoms with Crippen LogP contribution in [0.1, 0.15) is 34.7 Å². The molecule has 1 heterocycles. The average Bonchev–Trinajstić information content (AvgIpc) is 2.65. The third-order valence-electron chi connectivity index (χ3n) is 4.88. The summed E-state index contributed by atoms with van der Waals surface area (Å²) in [5.74, 6) is -0.104. The maximum Gasteiger partial charge on any atom is 0.241 e. The van der Waals surface area contributed by atoms with Gasteiger partial charge in [0.1, 0.15) is 6.04 Å². The summed E-state index contributed by atoms with van der Waals surface area (Å²) in [6, 6.07) is 15.9. The number of aryl methyl sites for hydroxylation is 1. The first kappa shape index (κ1) is 23.4. The van der Waals surface area contributed by atoms with E-state index in [2.05, 4.69) is 34.5 Å². The van der Waals surface area contributed by atoms with Gasteiger partial charge in [-0.25, -0.2) is 0 Å². The normalized spacial score (nSPS) is 14.3. The van der Waals surface area contributed by atoms with E-state index >= 15 is 0 Å². The lowest BCUT2D eigenvalue weighted by molar-refractivity contribution is -0.122. The lowest BCUT2D eigenvalue weighted by Gasteiger charge is -2.28. The zero-order valence-electron chi connectivity index (χ0n) is 15.7. The lowest BCUT2D eigenvalue weighted by atomic mass is 10.00. The Kier molecular flexibility index (Phi) is 9.81. The fourth-order valence-electron chi connectivity index (χ4n) is 3.29. The predicted octanol–water partition coefficient (Wildman–Crippen LogP) is 3.40. The molecule has 6 heteroatoms. The Morgan fingerprint density at radius 2 is 1.78 bits per heavy atom. The van der Waals surface area contributed by atoms with Crippen LogP contribution in [0, 0.1) is 6.92 Å². The van der Waals surface area contributed by atoms with Gasteiger partial charge in [0, 0.05) is 26.2 Å². The maximum absolute atomic E-state index is 12.2. The third-order valence-corrected chi connectivity index (χ3v) is 4.88. The van der Waals surface area contributed by atoms with Crippen LogP contribution in [0.5, 0.6) is 0 Å². The van der Waals surface area contributed by atoms with Crippen molar-refractivity contribution in [3.8, 4) is 0 Å². The van der Waals surface area contributed by atoms with Crippen LogP contribution in [-0.2, 0) is 17.8 Å². The molecule has 0 aliphatic carbocycles. The summed E-state index contributed by atoms with van der Waals surface area (Å²) in [6.45, 7) is 5.78. The molecule has 1 aliphatic rings. The first-order chi connectivity index (χ1) is 12.1. The molecule has 1 atom stereocenters. The first-order valence-electron chi connectivity index (χ1n) is 9.02. The molecule has 0 bridgehead atoms. The van der Waals surface area contributed by atoms with Crippen LogP contribution in [0.2, 0.25) is 0 Å². The molecule has 27 heavy (non-hydrogen) atoms. The predicted molar refractivity (Wildman–Crippen MR) is 116 cm³/mol. The van der Waals surface area contributed by atoms with Crippen LogP contribution in [0.15, 0.2) is 48.5 Å². The van der Waals surface area contributed by atoms with Gasteiger partial charge in [-0.05, 0) is 36.5 Å². The lowest BCUT2D eigenvalue weighted by Crippen LogP contribution is -2.37. The molecule has 0 saturated heterocycles. The molecule has 0 aromatic heterocycles. The molecule has 0 radical (unpaired) electrons. The van der Waals surface area contributed by atoms with E-state index in [1.54, 1.807) is 0 Å².